The van der Waals surface area contributed by atoms with Crippen LogP contribution in [0, 0.1) is 11.3 Å². The number of rotatable bonds is 7. The molecule has 0 saturated heterocycles. The minimum atomic E-state index is -4.61. The Kier molecular flexibility index (Phi) is 7.58. The van der Waals surface area contributed by atoms with E-state index < -0.39 is 30.2 Å². The molecule has 0 aliphatic rings. The van der Waals surface area contributed by atoms with Crippen molar-refractivity contribution < 1.29 is 22.8 Å². The molecule has 0 bridgehead atoms. The standard InChI is InChI=1S/C16H17BrF3N3O2/c1-9(24)7-13(8-21)23-15(25)10(2)22-14(16(18,19)20)11-3-5-12(17)6-4-11/h3-6,10,13-14,22H,7H2,1-2H3,(H,23,25). The molecule has 25 heavy (non-hydrogen) atoms. The maximum absolute atomic E-state index is 13.3. The van der Waals surface area contributed by atoms with Crippen molar-refractivity contribution in [2.24, 2.45) is 0 Å². The molecule has 1 amide bonds. The Morgan fingerprint density at radius 3 is 2.28 bits per heavy atom. The predicted octanol–water partition coefficient (Wildman–Crippen LogP) is 3.02. The van der Waals surface area contributed by atoms with Crippen molar-refractivity contribution in [1.82, 2.24) is 10.6 Å². The van der Waals surface area contributed by atoms with Gasteiger partial charge in [-0.15, -0.1) is 0 Å². The summed E-state index contributed by atoms with van der Waals surface area (Å²) < 4.78 is 40.6. The summed E-state index contributed by atoms with van der Waals surface area (Å²) in [5.41, 5.74) is -0.0454. The van der Waals surface area contributed by atoms with E-state index in [4.69, 9.17) is 5.26 Å². The molecular weight excluding hydrogens is 403 g/mol. The molecule has 1 rings (SSSR count). The van der Waals surface area contributed by atoms with Crippen LogP contribution in [0.15, 0.2) is 28.7 Å². The van der Waals surface area contributed by atoms with E-state index in [1.54, 1.807) is 6.07 Å². The van der Waals surface area contributed by atoms with Crippen LogP contribution in [0.4, 0.5) is 13.2 Å². The number of carbonyl (C=O) groups excluding carboxylic acids is 2. The third kappa shape index (κ3) is 6.84. The summed E-state index contributed by atoms with van der Waals surface area (Å²) in [5, 5.41) is 13.4. The molecule has 3 atom stereocenters. The molecular formula is C16H17BrF3N3O2. The number of carbonyl (C=O) groups is 2. The lowest BCUT2D eigenvalue weighted by molar-refractivity contribution is -0.160. The number of nitrogens with zero attached hydrogens (tertiary/aromatic N) is 1. The van der Waals surface area contributed by atoms with Crippen LogP contribution in [-0.2, 0) is 9.59 Å². The fourth-order valence-corrected chi connectivity index (χ4v) is 2.34. The lowest BCUT2D eigenvalue weighted by atomic mass is 10.1. The van der Waals surface area contributed by atoms with E-state index in [2.05, 4.69) is 26.6 Å². The second-order valence-electron chi connectivity index (χ2n) is 5.51. The van der Waals surface area contributed by atoms with Crippen molar-refractivity contribution >= 4 is 27.6 Å². The van der Waals surface area contributed by atoms with Crippen LogP contribution in [0.2, 0.25) is 0 Å². The van der Waals surface area contributed by atoms with Gasteiger partial charge in [0.2, 0.25) is 5.91 Å². The van der Waals surface area contributed by atoms with Gasteiger partial charge in [0.25, 0.3) is 0 Å². The summed E-state index contributed by atoms with van der Waals surface area (Å²) in [4.78, 5) is 23.0. The Balaban J connectivity index is 2.86. The van der Waals surface area contributed by atoms with Crippen LogP contribution in [-0.4, -0.2) is 30.0 Å². The number of benzene rings is 1. The smallest absolute Gasteiger partial charge is 0.339 e. The fourth-order valence-electron chi connectivity index (χ4n) is 2.07. The maximum atomic E-state index is 13.3. The predicted molar refractivity (Wildman–Crippen MR) is 88.4 cm³/mol. The van der Waals surface area contributed by atoms with Crippen LogP contribution in [0.5, 0.6) is 0 Å². The molecule has 0 radical (unpaired) electrons. The van der Waals surface area contributed by atoms with Crippen LogP contribution < -0.4 is 10.6 Å². The van der Waals surface area contributed by atoms with Gasteiger partial charge in [-0.2, -0.15) is 18.4 Å². The first-order valence-electron chi connectivity index (χ1n) is 7.32. The van der Waals surface area contributed by atoms with Gasteiger partial charge in [-0.05, 0) is 31.5 Å². The summed E-state index contributed by atoms with van der Waals surface area (Å²) in [6.07, 6.45) is -4.82. The van der Waals surface area contributed by atoms with Gasteiger partial charge in [0.15, 0.2) is 0 Å². The Morgan fingerprint density at radius 1 is 1.28 bits per heavy atom. The average molecular weight is 420 g/mol. The normalized spacial score (nSPS) is 14.9. The molecule has 1 aromatic carbocycles. The second kappa shape index (κ2) is 8.97. The molecule has 0 heterocycles. The molecule has 1 aromatic rings. The van der Waals surface area contributed by atoms with E-state index in [0.29, 0.717) is 4.47 Å². The zero-order valence-electron chi connectivity index (χ0n) is 13.5. The Hall–Kier alpha value is -1.92. The molecule has 2 N–H and O–H groups in total. The highest BCUT2D eigenvalue weighted by molar-refractivity contribution is 9.10. The number of amides is 1. The van der Waals surface area contributed by atoms with E-state index >= 15 is 0 Å². The minimum absolute atomic E-state index is 0.0454. The van der Waals surface area contributed by atoms with Gasteiger partial charge in [-0.25, -0.2) is 0 Å². The first-order chi connectivity index (χ1) is 11.5. The van der Waals surface area contributed by atoms with E-state index in [1.165, 1.54) is 38.1 Å². The molecule has 0 fully saturated rings. The van der Waals surface area contributed by atoms with Gasteiger partial charge in [-0.1, -0.05) is 28.1 Å². The number of halogens is 4. The van der Waals surface area contributed by atoms with Gasteiger partial charge < -0.3 is 5.32 Å². The number of alkyl halides is 3. The summed E-state index contributed by atoms with van der Waals surface area (Å²) in [6, 6.07) is 2.93. The van der Waals surface area contributed by atoms with Crippen molar-refractivity contribution in [3.63, 3.8) is 0 Å². The first kappa shape index (κ1) is 21.1. The molecule has 3 unspecified atom stereocenters. The van der Waals surface area contributed by atoms with Crippen molar-refractivity contribution in [3.8, 4) is 6.07 Å². The number of nitriles is 1. The number of nitrogens with one attached hydrogen (secondary N) is 2. The molecule has 0 aliphatic carbocycles. The lowest BCUT2D eigenvalue weighted by Crippen LogP contribution is -2.49. The Morgan fingerprint density at radius 2 is 1.84 bits per heavy atom. The maximum Gasteiger partial charge on any atom is 0.407 e. The molecule has 0 aromatic heterocycles. The highest BCUT2D eigenvalue weighted by Crippen LogP contribution is 2.33. The second-order valence-corrected chi connectivity index (χ2v) is 6.43. The average Bonchev–Trinajstić information content (AvgIpc) is 2.51. The molecule has 0 saturated carbocycles. The van der Waals surface area contributed by atoms with Gasteiger partial charge in [-0.3, -0.25) is 14.9 Å². The lowest BCUT2D eigenvalue weighted by Gasteiger charge is -2.26. The van der Waals surface area contributed by atoms with Crippen molar-refractivity contribution in [3.05, 3.63) is 34.3 Å². The quantitative estimate of drug-likeness (QED) is 0.711. The summed E-state index contributed by atoms with van der Waals surface area (Å²) >= 11 is 3.15. The molecule has 5 nitrogen and oxygen atoms in total. The van der Waals surface area contributed by atoms with E-state index in [1.807, 2.05) is 0 Å². The Labute approximate surface area is 151 Å². The highest BCUT2D eigenvalue weighted by atomic mass is 79.9. The minimum Gasteiger partial charge on any atom is -0.339 e. The van der Waals surface area contributed by atoms with Gasteiger partial charge in [0.1, 0.15) is 17.9 Å². The monoisotopic (exact) mass is 419 g/mol. The number of hydrogen-bond acceptors (Lipinski definition) is 4. The van der Waals surface area contributed by atoms with Crippen molar-refractivity contribution in [2.45, 2.75) is 44.6 Å². The molecule has 9 heteroatoms. The summed E-state index contributed by atoms with van der Waals surface area (Å²) in [5.74, 6) is -1.10. The van der Waals surface area contributed by atoms with Crippen LogP contribution >= 0.6 is 15.9 Å². The first-order valence-corrected chi connectivity index (χ1v) is 8.11. The SMILES string of the molecule is CC(=O)CC(C#N)NC(=O)C(C)NC(c1ccc(Br)cc1)C(F)(F)F. The van der Waals surface area contributed by atoms with E-state index in [-0.39, 0.29) is 17.8 Å². The summed E-state index contributed by atoms with van der Waals surface area (Å²) in [6.45, 7) is 2.51. The molecule has 0 spiro atoms. The number of Topliss-reactive ketones (excluding diaryl/α,β-unsaturated/α-hetero) is 1. The largest absolute Gasteiger partial charge is 0.407 e. The van der Waals surface area contributed by atoms with Crippen molar-refractivity contribution in [1.29, 1.82) is 5.26 Å². The van der Waals surface area contributed by atoms with Crippen LogP contribution in [0.3, 0.4) is 0 Å². The zero-order chi connectivity index (χ0) is 19.2. The Bertz CT molecular complexity index is 656. The van der Waals surface area contributed by atoms with E-state index in [9.17, 15) is 22.8 Å². The van der Waals surface area contributed by atoms with Crippen LogP contribution in [0.1, 0.15) is 31.9 Å². The number of hydrogen-bond donors (Lipinski definition) is 2. The third-order valence-electron chi connectivity index (χ3n) is 3.30. The van der Waals surface area contributed by atoms with Gasteiger partial charge in [0, 0.05) is 10.9 Å². The van der Waals surface area contributed by atoms with E-state index in [0.717, 1.165) is 0 Å². The zero-order valence-corrected chi connectivity index (χ0v) is 15.1. The van der Waals surface area contributed by atoms with Gasteiger partial charge >= 0.3 is 6.18 Å². The molecule has 136 valence electrons. The highest BCUT2D eigenvalue weighted by Gasteiger charge is 2.42. The summed E-state index contributed by atoms with van der Waals surface area (Å²) in [7, 11) is 0. The van der Waals surface area contributed by atoms with Crippen LogP contribution in [0.25, 0.3) is 0 Å². The molecule has 0 aliphatic heterocycles. The van der Waals surface area contributed by atoms with Crippen molar-refractivity contribution in [2.75, 3.05) is 0 Å². The number of ketones is 1. The third-order valence-corrected chi connectivity index (χ3v) is 3.83. The van der Waals surface area contributed by atoms with Gasteiger partial charge in [0.05, 0.1) is 12.1 Å². The fraction of sp³-hybridized carbons (Fsp3) is 0.438. The topological polar surface area (TPSA) is 82.0 Å².